The highest BCUT2D eigenvalue weighted by molar-refractivity contribution is 6.34. The van der Waals surface area contributed by atoms with Gasteiger partial charge in [0.1, 0.15) is 11.0 Å². The van der Waals surface area contributed by atoms with E-state index in [1.165, 1.54) is 23.0 Å². The first-order chi connectivity index (χ1) is 10.9. The predicted octanol–water partition coefficient (Wildman–Crippen LogP) is 0.968. The fraction of sp³-hybridized carbons (Fsp3) is 0.143. The Labute approximate surface area is 135 Å². The monoisotopic (exact) mass is 337 g/mol. The van der Waals surface area contributed by atoms with Gasteiger partial charge in [0.2, 0.25) is 0 Å². The molecule has 0 spiro atoms. The van der Waals surface area contributed by atoms with Crippen LogP contribution in [0.25, 0.3) is 0 Å². The number of aryl methyl sites for hydroxylation is 1. The highest BCUT2D eigenvalue weighted by Gasteiger charge is 2.13. The van der Waals surface area contributed by atoms with Crippen LogP contribution in [0.4, 0.5) is 4.39 Å². The van der Waals surface area contributed by atoms with Gasteiger partial charge in [0.05, 0.1) is 24.0 Å². The lowest BCUT2D eigenvalue weighted by Gasteiger charge is -2.03. The van der Waals surface area contributed by atoms with Crippen molar-refractivity contribution in [3.05, 3.63) is 52.1 Å². The number of hydrogen-bond donors (Lipinski definition) is 2. The molecule has 1 heterocycles. The van der Waals surface area contributed by atoms with Crippen LogP contribution >= 0.6 is 11.6 Å². The molecule has 0 saturated heterocycles. The van der Waals surface area contributed by atoms with Crippen molar-refractivity contribution in [1.82, 2.24) is 15.2 Å². The third kappa shape index (κ3) is 4.13. The first kappa shape index (κ1) is 16.6. The maximum absolute atomic E-state index is 12.9. The Hall–Kier alpha value is -2.74. The summed E-state index contributed by atoms with van der Waals surface area (Å²) in [6.07, 6.45) is 1.27. The first-order valence-electron chi connectivity index (χ1n) is 6.48. The number of rotatable bonds is 4. The van der Waals surface area contributed by atoms with Crippen LogP contribution in [0.1, 0.15) is 16.8 Å². The molecule has 0 bridgehead atoms. The van der Waals surface area contributed by atoms with Gasteiger partial charge in [-0.05, 0) is 24.6 Å². The molecule has 2 amide bonds. The van der Waals surface area contributed by atoms with Gasteiger partial charge in [-0.25, -0.2) is 14.5 Å². The minimum Gasteiger partial charge on any atom is -0.361 e. The molecule has 3 N–H and O–H groups in total. The van der Waals surface area contributed by atoms with Crippen molar-refractivity contribution in [3.63, 3.8) is 0 Å². The number of nitrogens with one attached hydrogen (secondary N) is 1. The summed E-state index contributed by atoms with van der Waals surface area (Å²) in [6, 6.07) is 5.95. The second-order valence-electron chi connectivity index (χ2n) is 4.64. The van der Waals surface area contributed by atoms with E-state index in [4.69, 9.17) is 17.3 Å². The van der Waals surface area contributed by atoms with Gasteiger partial charge in [0.15, 0.2) is 0 Å². The Morgan fingerprint density at radius 1 is 1.43 bits per heavy atom. The van der Waals surface area contributed by atoms with Crippen LogP contribution in [-0.2, 0) is 16.1 Å². The number of benzene rings is 1. The molecule has 0 atom stereocenters. The number of primary amides is 1. The molecule has 23 heavy (non-hydrogen) atoms. The summed E-state index contributed by atoms with van der Waals surface area (Å²) < 4.78 is 14.4. The molecule has 7 nitrogen and oxygen atoms in total. The number of hydrazone groups is 1. The number of nitrogens with two attached hydrogens (primary N) is 1. The molecule has 0 aliphatic rings. The van der Waals surface area contributed by atoms with Crippen LogP contribution in [0, 0.1) is 12.7 Å². The number of carbonyl (C=O) groups is 2. The second-order valence-corrected chi connectivity index (χ2v) is 5.00. The number of amides is 2. The van der Waals surface area contributed by atoms with Crippen LogP contribution in [0.15, 0.2) is 29.4 Å². The summed E-state index contributed by atoms with van der Waals surface area (Å²) >= 11 is 6.22. The highest BCUT2D eigenvalue weighted by Crippen LogP contribution is 2.19. The molecule has 0 unspecified atom stereocenters. The van der Waals surface area contributed by atoms with E-state index in [0.717, 1.165) is 5.56 Å². The SMILES string of the molecule is Cc1nn(Cc2ccc(F)cc2)c(Cl)c1/C=N\NC(=O)C(N)=O. The molecule has 9 heteroatoms. The van der Waals surface area contributed by atoms with Crippen molar-refractivity contribution >= 4 is 29.6 Å². The van der Waals surface area contributed by atoms with Crippen molar-refractivity contribution < 1.29 is 14.0 Å². The van der Waals surface area contributed by atoms with Crippen molar-refractivity contribution in [2.24, 2.45) is 10.8 Å². The minimum atomic E-state index is -1.14. The van der Waals surface area contributed by atoms with Crippen molar-refractivity contribution in [2.75, 3.05) is 0 Å². The lowest BCUT2D eigenvalue weighted by molar-refractivity contribution is -0.137. The van der Waals surface area contributed by atoms with E-state index in [0.29, 0.717) is 23.0 Å². The van der Waals surface area contributed by atoms with Gasteiger partial charge in [0, 0.05) is 0 Å². The molecule has 0 radical (unpaired) electrons. The number of nitrogens with zero attached hydrogens (tertiary/aromatic N) is 3. The average Bonchev–Trinajstić information content (AvgIpc) is 2.76. The van der Waals surface area contributed by atoms with Gasteiger partial charge in [-0.2, -0.15) is 10.2 Å². The summed E-state index contributed by atoms with van der Waals surface area (Å²) in [4.78, 5) is 21.6. The van der Waals surface area contributed by atoms with E-state index in [2.05, 4.69) is 10.2 Å². The summed E-state index contributed by atoms with van der Waals surface area (Å²) in [5.41, 5.74) is 8.63. The standard InChI is InChI=1S/C14H13ClFN5O2/c1-8-11(6-18-19-14(23)13(17)22)12(15)21(20-8)7-9-2-4-10(16)5-3-9/h2-6H,7H2,1H3,(H2,17,22)(H,19,23)/b18-6-. The van der Waals surface area contributed by atoms with Gasteiger partial charge in [-0.15, -0.1) is 0 Å². The van der Waals surface area contributed by atoms with Gasteiger partial charge in [-0.1, -0.05) is 23.7 Å². The van der Waals surface area contributed by atoms with Crippen LogP contribution in [-0.4, -0.2) is 27.8 Å². The number of halogens is 2. The molecular formula is C14H13ClFN5O2. The summed E-state index contributed by atoms with van der Waals surface area (Å²) in [6.45, 7) is 2.06. The Morgan fingerprint density at radius 3 is 2.70 bits per heavy atom. The summed E-state index contributed by atoms with van der Waals surface area (Å²) in [5.74, 6) is -2.50. The molecular weight excluding hydrogens is 325 g/mol. The van der Waals surface area contributed by atoms with Crippen LogP contribution in [0.3, 0.4) is 0 Å². The molecule has 1 aromatic heterocycles. The van der Waals surface area contributed by atoms with Crippen LogP contribution < -0.4 is 11.2 Å². The first-order valence-corrected chi connectivity index (χ1v) is 6.86. The Balaban J connectivity index is 2.15. The van der Waals surface area contributed by atoms with Gasteiger partial charge in [0.25, 0.3) is 0 Å². The van der Waals surface area contributed by atoms with Crippen molar-refractivity contribution in [2.45, 2.75) is 13.5 Å². The van der Waals surface area contributed by atoms with Crippen LogP contribution in [0.2, 0.25) is 5.15 Å². The van der Waals surface area contributed by atoms with E-state index in [1.54, 1.807) is 19.1 Å². The Morgan fingerprint density at radius 2 is 2.09 bits per heavy atom. The second kappa shape index (κ2) is 7.01. The molecule has 0 saturated carbocycles. The smallest absolute Gasteiger partial charge is 0.329 e. The number of hydrogen-bond acceptors (Lipinski definition) is 4. The zero-order valence-corrected chi connectivity index (χ0v) is 12.8. The fourth-order valence-electron chi connectivity index (χ4n) is 1.79. The van der Waals surface area contributed by atoms with E-state index < -0.39 is 11.8 Å². The van der Waals surface area contributed by atoms with E-state index >= 15 is 0 Å². The Bertz CT molecular complexity index is 770. The fourth-order valence-corrected chi connectivity index (χ4v) is 2.07. The number of carbonyl (C=O) groups excluding carboxylic acids is 2. The molecule has 2 aromatic rings. The van der Waals surface area contributed by atoms with Gasteiger partial charge >= 0.3 is 11.8 Å². The Kier molecular flexibility index (Phi) is 5.07. The minimum absolute atomic E-state index is 0.295. The molecule has 0 aliphatic heterocycles. The summed E-state index contributed by atoms with van der Waals surface area (Å²) in [5, 5.41) is 8.16. The largest absolute Gasteiger partial charge is 0.361 e. The van der Waals surface area contributed by atoms with Crippen LogP contribution in [0.5, 0.6) is 0 Å². The molecule has 1 aromatic carbocycles. The lowest BCUT2D eigenvalue weighted by atomic mass is 10.2. The van der Waals surface area contributed by atoms with Crippen molar-refractivity contribution in [1.29, 1.82) is 0 Å². The third-order valence-electron chi connectivity index (χ3n) is 2.94. The zero-order valence-electron chi connectivity index (χ0n) is 12.1. The lowest BCUT2D eigenvalue weighted by Crippen LogP contribution is -2.32. The molecule has 2 rings (SSSR count). The van der Waals surface area contributed by atoms with E-state index in [9.17, 15) is 14.0 Å². The highest BCUT2D eigenvalue weighted by atomic mass is 35.5. The van der Waals surface area contributed by atoms with E-state index in [-0.39, 0.29) is 5.82 Å². The summed E-state index contributed by atoms with van der Waals surface area (Å²) in [7, 11) is 0. The number of aromatic nitrogens is 2. The van der Waals surface area contributed by atoms with E-state index in [1.807, 2.05) is 5.43 Å². The normalized spacial score (nSPS) is 10.9. The van der Waals surface area contributed by atoms with Gasteiger partial charge < -0.3 is 5.73 Å². The molecule has 0 fully saturated rings. The maximum Gasteiger partial charge on any atom is 0.329 e. The topological polar surface area (TPSA) is 102 Å². The average molecular weight is 338 g/mol. The van der Waals surface area contributed by atoms with Gasteiger partial charge in [-0.3, -0.25) is 9.59 Å². The third-order valence-corrected chi connectivity index (χ3v) is 3.34. The van der Waals surface area contributed by atoms with Crippen molar-refractivity contribution in [3.8, 4) is 0 Å². The zero-order chi connectivity index (χ0) is 17.0. The maximum atomic E-state index is 12.9. The predicted molar refractivity (Wildman–Crippen MR) is 82.4 cm³/mol. The quantitative estimate of drug-likeness (QED) is 0.493. The molecule has 0 aliphatic carbocycles. The molecule has 120 valence electrons.